The van der Waals surface area contributed by atoms with Gasteiger partial charge >= 0.3 is 0 Å². The molecular weight excluding hydrogens is 250 g/mol. The van der Waals surface area contributed by atoms with Gasteiger partial charge in [0, 0.05) is 12.3 Å². The fourth-order valence-corrected chi connectivity index (χ4v) is 3.92. The van der Waals surface area contributed by atoms with Crippen LogP contribution in [0, 0.1) is 0 Å². The van der Waals surface area contributed by atoms with Crippen LogP contribution in [0.25, 0.3) is 0 Å². The Balaban J connectivity index is 1.87. The van der Waals surface area contributed by atoms with Crippen LogP contribution < -0.4 is 4.90 Å². The quantitative estimate of drug-likeness (QED) is 0.584. The van der Waals surface area contributed by atoms with Crippen molar-refractivity contribution >= 4 is 28.2 Å². The van der Waals surface area contributed by atoms with Crippen molar-refractivity contribution in [2.45, 2.75) is 11.3 Å². The smallest absolute Gasteiger partial charge is 0.0985 e. The highest BCUT2D eigenvalue weighted by Gasteiger charge is 2.23. The second-order valence-corrected chi connectivity index (χ2v) is 6.46. The molecule has 0 fully saturated rings. The molecule has 0 aliphatic carbocycles. The van der Waals surface area contributed by atoms with E-state index >= 15 is 0 Å². The summed E-state index contributed by atoms with van der Waals surface area (Å²) in [6.07, 6.45) is 3.06. The molecule has 2 nitrogen and oxygen atoms in total. The number of rotatable bonds is 6. The first kappa shape index (κ1) is 12.7. The first-order chi connectivity index (χ1) is 8.33. The van der Waals surface area contributed by atoms with Gasteiger partial charge in [-0.1, -0.05) is 18.2 Å². The van der Waals surface area contributed by atoms with Crippen molar-refractivity contribution in [3.63, 3.8) is 0 Å². The minimum atomic E-state index is -0.834. The van der Waals surface area contributed by atoms with E-state index in [0.717, 1.165) is 35.1 Å². The van der Waals surface area contributed by atoms with Crippen molar-refractivity contribution < 1.29 is 4.21 Å². The Hall–Kier alpha value is -0.740. The second kappa shape index (κ2) is 6.26. The van der Waals surface area contributed by atoms with E-state index < -0.39 is 10.8 Å². The number of nitrogens with zero attached hydrogens (tertiary/aromatic N) is 1. The van der Waals surface area contributed by atoms with Crippen LogP contribution in [0.4, 0.5) is 5.69 Å². The molecule has 0 amide bonds. The zero-order valence-corrected chi connectivity index (χ0v) is 11.4. The molecule has 1 aromatic rings. The molecule has 1 aliphatic rings. The SMILES string of the molecule is C=CCSCCCN1CS(=O)c2ccccc21. The van der Waals surface area contributed by atoms with Gasteiger partial charge in [0.1, 0.15) is 0 Å². The van der Waals surface area contributed by atoms with Gasteiger partial charge in [-0.05, 0) is 24.3 Å². The maximum atomic E-state index is 11.9. The van der Waals surface area contributed by atoms with E-state index in [-0.39, 0.29) is 0 Å². The van der Waals surface area contributed by atoms with Gasteiger partial charge in [-0.2, -0.15) is 11.8 Å². The molecule has 4 heteroatoms. The number of anilines is 1. The predicted octanol–water partition coefficient (Wildman–Crippen LogP) is 2.88. The summed E-state index contributed by atoms with van der Waals surface area (Å²) in [5.41, 5.74) is 1.15. The van der Waals surface area contributed by atoms with Crippen LogP contribution in [0.2, 0.25) is 0 Å². The van der Waals surface area contributed by atoms with Crippen LogP contribution in [-0.2, 0) is 10.8 Å². The third-order valence-corrected chi connectivity index (χ3v) is 5.11. The highest BCUT2D eigenvalue weighted by molar-refractivity contribution is 7.99. The molecule has 2 rings (SSSR count). The molecule has 1 unspecified atom stereocenters. The molecular formula is C13H17NOS2. The van der Waals surface area contributed by atoms with E-state index in [1.165, 1.54) is 0 Å². The van der Waals surface area contributed by atoms with Crippen molar-refractivity contribution in [2.24, 2.45) is 0 Å². The molecule has 0 aromatic heterocycles. The van der Waals surface area contributed by atoms with E-state index in [4.69, 9.17) is 0 Å². The molecule has 1 aromatic carbocycles. The lowest BCUT2D eigenvalue weighted by molar-refractivity contribution is 0.684. The average Bonchev–Trinajstić information content (AvgIpc) is 2.67. The van der Waals surface area contributed by atoms with Gasteiger partial charge in [-0.3, -0.25) is 4.21 Å². The summed E-state index contributed by atoms with van der Waals surface area (Å²) in [4.78, 5) is 3.23. The highest BCUT2D eigenvalue weighted by atomic mass is 32.2. The van der Waals surface area contributed by atoms with Gasteiger partial charge in [-0.25, -0.2) is 0 Å². The highest BCUT2D eigenvalue weighted by Crippen LogP contribution is 2.30. The minimum absolute atomic E-state index is 0.658. The van der Waals surface area contributed by atoms with Crippen molar-refractivity contribution in [3.05, 3.63) is 36.9 Å². The summed E-state index contributed by atoms with van der Waals surface area (Å²) in [5.74, 6) is 2.81. The molecule has 17 heavy (non-hydrogen) atoms. The van der Waals surface area contributed by atoms with Crippen LogP contribution in [0.5, 0.6) is 0 Å². The molecule has 1 heterocycles. The lowest BCUT2D eigenvalue weighted by Crippen LogP contribution is -2.22. The van der Waals surface area contributed by atoms with Crippen molar-refractivity contribution in [1.29, 1.82) is 0 Å². The van der Waals surface area contributed by atoms with E-state index in [1.807, 2.05) is 36.0 Å². The van der Waals surface area contributed by atoms with E-state index in [0.29, 0.717) is 5.88 Å². The van der Waals surface area contributed by atoms with E-state index in [2.05, 4.69) is 17.5 Å². The van der Waals surface area contributed by atoms with Crippen molar-refractivity contribution in [3.8, 4) is 0 Å². The fraction of sp³-hybridized carbons (Fsp3) is 0.385. The van der Waals surface area contributed by atoms with Gasteiger partial charge in [0.15, 0.2) is 0 Å². The Bertz CT molecular complexity index is 420. The summed E-state index contributed by atoms with van der Waals surface area (Å²) in [5, 5.41) is 0. The third kappa shape index (κ3) is 3.13. The molecule has 1 atom stereocenters. The Morgan fingerprint density at radius 3 is 3.12 bits per heavy atom. The summed E-state index contributed by atoms with van der Waals surface area (Å²) < 4.78 is 11.9. The number of fused-ring (bicyclic) bond motifs is 1. The topological polar surface area (TPSA) is 20.3 Å². The molecule has 0 N–H and O–H groups in total. The van der Waals surface area contributed by atoms with Crippen molar-refractivity contribution in [1.82, 2.24) is 0 Å². The molecule has 0 radical (unpaired) electrons. The minimum Gasteiger partial charge on any atom is -0.358 e. The zero-order valence-electron chi connectivity index (χ0n) is 9.80. The molecule has 92 valence electrons. The Morgan fingerprint density at radius 1 is 1.47 bits per heavy atom. The summed E-state index contributed by atoms with van der Waals surface area (Å²) >= 11 is 1.90. The lowest BCUT2D eigenvalue weighted by Gasteiger charge is -2.17. The monoisotopic (exact) mass is 267 g/mol. The van der Waals surface area contributed by atoms with Gasteiger partial charge in [0.05, 0.1) is 27.3 Å². The zero-order chi connectivity index (χ0) is 12.1. The van der Waals surface area contributed by atoms with Gasteiger partial charge in [-0.15, -0.1) is 6.58 Å². The Labute approximate surface area is 110 Å². The van der Waals surface area contributed by atoms with E-state index in [1.54, 1.807) is 0 Å². The number of para-hydroxylation sites is 1. The fourth-order valence-electron chi connectivity index (χ4n) is 1.90. The van der Waals surface area contributed by atoms with Crippen LogP contribution in [0.15, 0.2) is 41.8 Å². The van der Waals surface area contributed by atoms with Gasteiger partial charge < -0.3 is 4.90 Å². The third-order valence-electron chi connectivity index (χ3n) is 2.68. The predicted molar refractivity (Wildman–Crippen MR) is 77.2 cm³/mol. The molecule has 0 saturated carbocycles. The normalized spacial score (nSPS) is 18.1. The summed E-state index contributed by atoms with van der Waals surface area (Å²) in [6, 6.07) is 8.01. The molecule has 0 spiro atoms. The first-order valence-electron chi connectivity index (χ1n) is 5.74. The van der Waals surface area contributed by atoms with Crippen LogP contribution in [0.3, 0.4) is 0 Å². The van der Waals surface area contributed by atoms with Crippen LogP contribution in [0.1, 0.15) is 6.42 Å². The summed E-state index contributed by atoms with van der Waals surface area (Å²) in [7, 11) is -0.834. The Kier molecular flexibility index (Phi) is 4.68. The van der Waals surface area contributed by atoms with Crippen molar-refractivity contribution in [2.75, 3.05) is 28.8 Å². The number of benzene rings is 1. The van der Waals surface area contributed by atoms with Gasteiger partial charge in [0.2, 0.25) is 0 Å². The standard InChI is InChI=1S/C13H17NOS2/c1-2-9-16-10-5-8-14-11-17(15)13-7-4-3-6-12(13)14/h2-4,6-7H,1,5,8-11H2. The maximum absolute atomic E-state index is 11.9. The van der Waals surface area contributed by atoms with Crippen LogP contribution >= 0.6 is 11.8 Å². The van der Waals surface area contributed by atoms with E-state index in [9.17, 15) is 4.21 Å². The second-order valence-electron chi connectivity index (χ2n) is 3.92. The number of hydrogen-bond acceptors (Lipinski definition) is 3. The molecule has 1 aliphatic heterocycles. The van der Waals surface area contributed by atoms with Crippen LogP contribution in [-0.4, -0.2) is 28.1 Å². The van der Waals surface area contributed by atoms with Gasteiger partial charge in [0.25, 0.3) is 0 Å². The largest absolute Gasteiger partial charge is 0.358 e. The number of thioether (sulfide) groups is 1. The molecule has 0 bridgehead atoms. The average molecular weight is 267 g/mol. The summed E-state index contributed by atoms with van der Waals surface area (Å²) in [6.45, 7) is 4.70. The molecule has 0 saturated heterocycles. The first-order valence-corrected chi connectivity index (χ1v) is 8.21. The number of hydrogen-bond donors (Lipinski definition) is 0. The Morgan fingerprint density at radius 2 is 2.29 bits per heavy atom. The lowest BCUT2D eigenvalue weighted by atomic mass is 10.3. The maximum Gasteiger partial charge on any atom is 0.0985 e.